The Kier molecular flexibility index (Phi) is 5.38. The van der Waals surface area contributed by atoms with Crippen LogP contribution in [0.3, 0.4) is 0 Å². The van der Waals surface area contributed by atoms with Crippen molar-refractivity contribution in [3.05, 3.63) is 12.7 Å². The molecule has 2 aromatic rings. The van der Waals surface area contributed by atoms with Gasteiger partial charge < -0.3 is 15.4 Å². The molecule has 0 spiro atoms. The summed E-state index contributed by atoms with van der Waals surface area (Å²) in [5.41, 5.74) is 0. The summed E-state index contributed by atoms with van der Waals surface area (Å²) in [5.74, 6) is 1.37. The molecule has 0 aliphatic rings. The summed E-state index contributed by atoms with van der Waals surface area (Å²) in [4.78, 5) is 16.8. The van der Waals surface area contributed by atoms with E-state index >= 15 is 0 Å². The second kappa shape index (κ2) is 7.48. The summed E-state index contributed by atoms with van der Waals surface area (Å²) in [6.07, 6.45) is 2.97. The number of aromatic nitrogens is 6. The Morgan fingerprint density at radius 1 is 1.24 bits per heavy atom. The summed E-state index contributed by atoms with van der Waals surface area (Å²) < 4.78 is 6.86. The molecule has 2 N–H and O–H groups in total. The Morgan fingerprint density at radius 2 is 2.05 bits per heavy atom. The van der Waals surface area contributed by atoms with Gasteiger partial charge in [-0.2, -0.15) is 24.7 Å². The zero-order valence-corrected chi connectivity index (χ0v) is 12.4. The maximum absolute atomic E-state index is 5.37. The fourth-order valence-corrected chi connectivity index (χ4v) is 1.64. The van der Waals surface area contributed by atoms with Crippen molar-refractivity contribution in [3.8, 4) is 5.95 Å². The Labute approximate surface area is 123 Å². The average molecular weight is 292 g/mol. The highest BCUT2D eigenvalue weighted by molar-refractivity contribution is 5.38. The molecule has 0 fully saturated rings. The monoisotopic (exact) mass is 292 g/mol. The standard InChI is InChI=1S/C12H20N8O/c1-4-14-10-17-11(16-9(3)6-21-5-2)19-12(18-10)20-8-13-7-15-20/h7-9H,4-6H2,1-3H3,(H2,14,16,17,18,19). The second-order valence-corrected chi connectivity index (χ2v) is 4.36. The molecule has 0 aliphatic carbocycles. The first-order valence-electron chi connectivity index (χ1n) is 6.92. The molecule has 0 aliphatic heterocycles. The molecule has 1 atom stereocenters. The SMILES string of the molecule is CCNc1nc(NC(C)COCC)nc(-n2cncn2)n1. The van der Waals surface area contributed by atoms with E-state index in [0.717, 1.165) is 6.54 Å². The van der Waals surface area contributed by atoms with Gasteiger partial charge in [-0.1, -0.05) is 0 Å². The summed E-state index contributed by atoms with van der Waals surface area (Å²) in [5, 5.41) is 10.3. The quantitative estimate of drug-likeness (QED) is 0.733. The van der Waals surface area contributed by atoms with Crippen LogP contribution in [0, 0.1) is 0 Å². The van der Waals surface area contributed by atoms with Crippen molar-refractivity contribution in [3.63, 3.8) is 0 Å². The number of hydrogen-bond donors (Lipinski definition) is 2. The van der Waals surface area contributed by atoms with Gasteiger partial charge in [-0.15, -0.1) is 0 Å². The molecule has 2 heterocycles. The molecule has 9 heteroatoms. The van der Waals surface area contributed by atoms with E-state index in [1.807, 2.05) is 20.8 Å². The van der Waals surface area contributed by atoms with E-state index in [4.69, 9.17) is 4.74 Å². The number of ether oxygens (including phenoxy) is 1. The summed E-state index contributed by atoms with van der Waals surface area (Å²) in [6.45, 7) is 7.91. The topological polar surface area (TPSA) is 103 Å². The molecule has 0 radical (unpaired) electrons. The van der Waals surface area contributed by atoms with Crippen molar-refractivity contribution in [1.29, 1.82) is 0 Å². The van der Waals surface area contributed by atoms with Gasteiger partial charge in [0.1, 0.15) is 12.7 Å². The van der Waals surface area contributed by atoms with E-state index in [9.17, 15) is 0 Å². The molecule has 0 bridgehead atoms. The normalized spacial score (nSPS) is 12.1. The van der Waals surface area contributed by atoms with Crippen LogP contribution in [0.4, 0.5) is 11.9 Å². The second-order valence-electron chi connectivity index (χ2n) is 4.36. The van der Waals surface area contributed by atoms with E-state index in [-0.39, 0.29) is 6.04 Å². The molecular weight excluding hydrogens is 272 g/mol. The first-order valence-corrected chi connectivity index (χ1v) is 6.92. The molecule has 0 amide bonds. The van der Waals surface area contributed by atoms with Crippen LogP contribution >= 0.6 is 0 Å². The van der Waals surface area contributed by atoms with Gasteiger partial charge in [-0.25, -0.2) is 4.98 Å². The van der Waals surface area contributed by atoms with E-state index < -0.39 is 0 Å². The fraction of sp³-hybridized carbons (Fsp3) is 0.583. The summed E-state index contributed by atoms with van der Waals surface area (Å²) in [7, 11) is 0. The van der Waals surface area contributed by atoms with Crippen molar-refractivity contribution >= 4 is 11.9 Å². The van der Waals surface area contributed by atoms with Gasteiger partial charge in [0.15, 0.2) is 0 Å². The van der Waals surface area contributed by atoms with Gasteiger partial charge in [-0.05, 0) is 20.8 Å². The summed E-state index contributed by atoms with van der Waals surface area (Å²) in [6, 6.07) is 0.0884. The molecule has 1 unspecified atom stereocenters. The molecule has 21 heavy (non-hydrogen) atoms. The molecule has 0 aromatic carbocycles. The number of anilines is 2. The zero-order valence-electron chi connectivity index (χ0n) is 12.4. The smallest absolute Gasteiger partial charge is 0.258 e. The van der Waals surface area contributed by atoms with Crippen LogP contribution in [-0.2, 0) is 4.74 Å². The minimum atomic E-state index is 0.0884. The molecule has 2 aromatic heterocycles. The first kappa shape index (κ1) is 15.1. The largest absolute Gasteiger partial charge is 0.380 e. The first-order chi connectivity index (χ1) is 10.2. The Morgan fingerprint density at radius 3 is 2.71 bits per heavy atom. The third kappa shape index (κ3) is 4.35. The Hall–Kier alpha value is -2.29. The highest BCUT2D eigenvalue weighted by Gasteiger charge is 2.10. The van der Waals surface area contributed by atoms with Gasteiger partial charge in [0.2, 0.25) is 11.9 Å². The van der Waals surface area contributed by atoms with Crippen LogP contribution in [0.1, 0.15) is 20.8 Å². The van der Waals surface area contributed by atoms with E-state index in [1.54, 1.807) is 6.33 Å². The van der Waals surface area contributed by atoms with Gasteiger partial charge in [-0.3, -0.25) is 0 Å². The lowest BCUT2D eigenvalue weighted by Gasteiger charge is -2.14. The van der Waals surface area contributed by atoms with Crippen molar-refractivity contribution in [2.75, 3.05) is 30.4 Å². The van der Waals surface area contributed by atoms with Crippen LogP contribution in [-0.4, -0.2) is 55.5 Å². The van der Waals surface area contributed by atoms with Crippen LogP contribution in [0.25, 0.3) is 5.95 Å². The minimum absolute atomic E-state index is 0.0884. The number of rotatable bonds is 8. The number of nitrogens with one attached hydrogen (secondary N) is 2. The van der Waals surface area contributed by atoms with Crippen LogP contribution in [0.5, 0.6) is 0 Å². The molecule has 114 valence electrons. The van der Waals surface area contributed by atoms with Gasteiger partial charge in [0, 0.05) is 19.2 Å². The Balaban J connectivity index is 2.19. The van der Waals surface area contributed by atoms with Crippen LogP contribution in [0.15, 0.2) is 12.7 Å². The lowest BCUT2D eigenvalue weighted by Crippen LogP contribution is -2.24. The highest BCUT2D eigenvalue weighted by atomic mass is 16.5. The molecule has 0 saturated heterocycles. The third-order valence-electron chi connectivity index (χ3n) is 2.53. The molecule has 0 saturated carbocycles. The lowest BCUT2D eigenvalue weighted by molar-refractivity contribution is 0.141. The maximum atomic E-state index is 5.37. The zero-order chi connectivity index (χ0) is 15.1. The van der Waals surface area contributed by atoms with E-state index in [1.165, 1.54) is 11.0 Å². The minimum Gasteiger partial charge on any atom is -0.380 e. The lowest BCUT2D eigenvalue weighted by atomic mass is 10.4. The Bertz CT molecular complexity index is 544. The van der Waals surface area contributed by atoms with Crippen molar-refractivity contribution < 1.29 is 4.74 Å². The average Bonchev–Trinajstić information content (AvgIpc) is 2.99. The fourth-order valence-electron chi connectivity index (χ4n) is 1.64. The molecule has 2 rings (SSSR count). The number of hydrogen-bond acceptors (Lipinski definition) is 8. The van der Waals surface area contributed by atoms with Gasteiger partial charge in [0.25, 0.3) is 5.95 Å². The van der Waals surface area contributed by atoms with Crippen molar-refractivity contribution in [2.24, 2.45) is 0 Å². The van der Waals surface area contributed by atoms with Crippen LogP contribution in [0.2, 0.25) is 0 Å². The summed E-state index contributed by atoms with van der Waals surface area (Å²) >= 11 is 0. The van der Waals surface area contributed by atoms with Crippen molar-refractivity contribution in [2.45, 2.75) is 26.8 Å². The van der Waals surface area contributed by atoms with Crippen molar-refractivity contribution in [1.82, 2.24) is 29.7 Å². The van der Waals surface area contributed by atoms with Crippen LogP contribution < -0.4 is 10.6 Å². The molecule has 9 nitrogen and oxygen atoms in total. The highest BCUT2D eigenvalue weighted by Crippen LogP contribution is 2.09. The van der Waals surface area contributed by atoms with Gasteiger partial charge >= 0.3 is 0 Å². The maximum Gasteiger partial charge on any atom is 0.258 e. The van der Waals surface area contributed by atoms with Gasteiger partial charge in [0.05, 0.1) is 6.61 Å². The predicted molar refractivity (Wildman–Crippen MR) is 78.5 cm³/mol. The third-order valence-corrected chi connectivity index (χ3v) is 2.53. The van der Waals surface area contributed by atoms with E-state index in [0.29, 0.717) is 31.1 Å². The number of nitrogens with zero attached hydrogens (tertiary/aromatic N) is 6. The molecular formula is C12H20N8O. The van der Waals surface area contributed by atoms with E-state index in [2.05, 4.69) is 35.7 Å². The predicted octanol–water partition coefficient (Wildman–Crippen LogP) is 0.721.